The second-order valence-electron chi connectivity index (χ2n) is 6.66. The predicted molar refractivity (Wildman–Crippen MR) is 84.1 cm³/mol. The zero-order chi connectivity index (χ0) is 15.7. The standard InChI is InChI=1S/C17H24N2O2/c1-10(2)8-12(9-11(3)4)19-16(20)13-6-5-7-14(18)15(13)17(19)21/h5-7,10-12H,8-9,18H2,1-4H3. The van der Waals surface area contributed by atoms with Crippen molar-refractivity contribution in [2.45, 2.75) is 46.6 Å². The average Bonchev–Trinajstić information content (AvgIpc) is 2.61. The number of hydrogen-bond donors (Lipinski definition) is 1. The van der Waals surface area contributed by atoms with Crippen molar-refractivity contribution in [3.63, 3.8) is 0 Å². The van der Waals surface area contributed by atoms with E-state index < -0.39 is 0 Å². The van der Waals surface area contributed by atoms with E-state index in [2.05, 4.69) is 27.7 Å². The van der Waals surface area contributed by atoms with Crippen molar-refractivity contribution in [3.05, 3.63) is 29.3 Å². The summed E-state index contributed by atoms with van der Waals surface area (Å²) >= 11 is 0. The zero-order valence-electron chi connectivity index (χ0n) is 13.2. The smallest absolute Gasteiger partial charge is 0.263 e. The van der Waals surface area contributed by atoms with Crippen LogP contribution in [0, 0.1) is 11.8 Å². The van der Waals surface area contributed by atoms with E-state index in [-0.39, 0.29) is 17.9 Å². The molecule has 0 atom stereocenters. The molecule has 0 saturated carbocycles. The Kier molecular flexibility index (Phi) is 4.35. The molecule has 1 aliphatic heterocycles. The number of carbonyl (C=O) groups is 2. The predicted octanol–water partition coefficient (Wildman–Crippen LogP) is 3.33. The third-order valence-electron chi connectivity index (χ3n) is 3.83. The van der Waals surface area contributed by atoms with Crippen LogP contribution in [0.25, 0.3) is 0 Å². The van der Waals surface area contributed by atoms with Gasteiger partial charge in [-0.3, -0.25) is 14.5 Å². The Labute approximate surface area is 126 Å². The normalized spacial score (nSPS) is 14.7. The van der Waals surface area contributed by atoms with Gasteiger partial charge in [0, 0.05) is 11.7 Å². The number of hydrogen-bond acceptors (Lipinski definition) is 3. The van der Waals surface area contributed by atoms with Crippen LogP contribution in [0.5, 0.6) is 0 Å². The minimum atomic E-state index is -0.237. The second-order valence-corrected chi connectivity index (χ2v) is 6.66. The largest absolute Gasteiger partial charge is 0.398 e. The van der Waals surface area contributed by atoms with Gasteiger partial charge in [0.15, 0.2) is 0 Å². The highest BCUT2D eigenvalue weighted by atomic mass is 16.2. The summed E-state index contributed by atoms with van der Waals surface area (Å²) < 4.78 is 0. The molecule has 0 spiro atoms. The van der Waals surface area contributed by atoms with Crippen LogP contribution >= 0.6 is 0 Å². The summed E-state index contributed by atoms with van der Waals surface area (Å²) in [4.78, 5) is 26.7. The molecule has 114 valence electrons. The molecule has 1 aliphatic rings. The van der Waals surface area contributed by atoms with E-state index in [4.69, 9.17) is 5.73 Å². The van der Waals surface area contributed by atoms with Crippen LogP contribution in [0.2, 0.25) is 0 Å². The second kappa shape index (κ2) is 5.88. The molecule has 1 aromatic rings. The topological polar surface area (TPSA) is 63.4 Å². The molecular formula is C17H24N2O2. The van der Waals surface area contributed by atoms with Gasteiger partial charge in [-0.1, -0.05) is 33.8 Å². The highest BCUT2D eigenvalue weighted by molar-refractivity contribution is 6.23. The molecule has 0 fully saturated rings. The average molecular weight is 288 g/mol. The summed E-state index contributed by atoms with van der Waals surface area (Å²) in [5, 5.41) is 0. The minimum absolute atomic E-state index is 0.0585. The first-order chi connectivity index (χ1) is 9.82. The number of carbonyl (C=O) groups excluding carboxylic acids is 2. The van der Waals surface area contributed by atoms with E-state index in [0.717, 1.165) is 12.8 Å². The van der Waals surface area contributed by atoms with E-state index in [1.54, 1.807) is 18.2 Å². The van der Waals surface area contributed by atoms with Crippen LogP contribution in [0.1, 0.15) is 61.3 Å². The number of nitrogens with two attached hydrogens (primary N) is 1. The molecule has 21 heavy (non-hydrogen) atoms. The van der Waals surface area contributed by atoms with Crippen molar-refractivity contribution in [2.75, 3.05) is 5.73 Å². The van der Waals surface area contributed by atoms with Crippen molar-refractivity contribution in [3.8, 4) is 0 Å². The summed E-state index contributed by atoms with van der Waals surface area (Å²) in [5.74, 6) is 0.416. The monoisotopic (exact) mass is 288 g/mol. The van der Waals surface area contributed by atoms with Crippen LogP contribution in [0.15, 0.2) is 18.2 Å². The molecule has 0 bridgehead atoms. The van der Waals surface area contributed by atoms with Crippen molar-refractivity contribution < 1.29 is 9.59 Å². The number of nitrogens with zero attached hydrogens (tertiary/aromatic N) is 1. The van der Waals surface area contributed by atoms with E-state index >= 15 is 0 Å². The van der Waals surface area contributed by atoms with Crippen LogP contribution < -0.4 is 5.73 Å². The lowest BCUT2D eigenvalue weighted by molar-refractivity contribution is 0.0546. The Hall–Kier alpha value is -1.84. The number of nitrogen functional groups attached to an aromatic ring is 1. The first kappa shape index (κ1) is 15.5. The third kappa shape index (κ3) is 2.94. The van der Waals surface area contributed by atoms with Crippen molar-refractivity contribution in [1.29, 1.82) is 0 Å². The van der Waals surface area contributed by atoms with Crippen molar-refractivity contribution >= 4 is 17.5 Å². The molecule has 2 amide bonds. The van der Waals surface area contributed by atoms with Crippen LogP contribution in [-0.2, 0) is 0 Å². The molecule has 0 unspecified atom stereocenters. The molecule has 0 saturated heterocycles. The van der Waals surface area contributed by atoms with Crippen LogP contribution in [-0.4, -0.2) is 22.8 Å². The molecular weight excluding hydrogens is 264 g/mol. The zero-order valence-corrected chi connectivity index (χ0v) is 13.2. The molecule has 4 heteroatoms. The van der Waals surface area contributed by atoms with Gasteiger partial charge in [0.25, 0.3) is 11.8 Å². The van der Waals surface area contributed by atoms with Crippen molar-refractivity contribution in [1.82, 2.24) is 4.90 Å². The third-order valence-corrected chi connectivity index (χ3v) is 3.83. The number of benzene rings is 1. The maximum absolute atomic E-state index is 12.7. The Bertz CT molecular complexity index is 554. The molecule has 1 heterocycles. The van der Waals surface area contributed by atoms with Gasteiger partial charge in [0.1, 0.15) is 0 Å². The van der Waals surface area contributed by atoms with E-state index in [1.807, 2.05) is 0 Å². The first-order valence-electron chi connectivity index (χ1n) is 7.59. The fourth-order valence-corrected chi connectivity index (χ4v) is 3.06. The summed E-state index contributed by atoms with van der Waals surface area (Å²) in [5.41, 5.74) is 7.10. The van der Waals surface area contributed by atoms with Gasteiger partial charge in [-0.25, -0.2) is 0 Å². The summed E-state index contributed by atoms with van der Waals surface area (Å²) in [6, 6.07) is 5.03. The van der Waals surface area contributed by atoms with Gasteiger partial charge in [-0.15, -0.1) is 0 Å². The maximum Gasteiger partial charge on any atom is 0.263 e. The van der Waals surface area contributed by atoms with Gasteiger partial charge in [0.05, 0.1) is 11.1 Å². The molecule has 1 aromatic carbocycles. The SMILES string of the molecule is CC(C)CC(CC(C)C)N1C(=O)c2cccc(N)c2C1=O. The Morgan fingerprint density at radius 2 is 1.57 bits per heavy atom. The van der Waals surface area contributed by atoms with Crippen LogP contribution in [0.4, 0.5) is 5.69 Å². The number of anilines is 1. The summed E-state index contributed by atoms with van der Waals surface area (Å²) in [6.45, 7) is 8.44. The summed E-state index contributed by atoms with van der Waals surface area (Å²) in [6.07, 6.45) is 1.65. The molecule has 2 N–H and O–H groups in total. The first-order valence-corrected chi connectivity index (χ1v) is 7.59. The Morgan fingerprint density at radius 3 is 2.05 bits per heavy atom. The lowest BCUT2D eigenvalue weighted by Gasteiger charge is -2.29. The number of rotatable bonds is 5. The van der Waals surface area contributed by atoms with Crippen molar-refractivity contribution in [2.24, 2.45) is 11.8 Å². The van der Waals surface area contributed by atoms with Gasteiger partial charge < -0.3 is 5.73 Å². The molecule has 0 aliphatic carbocycles. The van der Waals surface area contributed by atoms with Gasteiger partial charge in [0.2, 0.25) is 0 Å². The van der Waals surface area contributed by atoms with E-state index in [1.165, 1.54) is 4.90 Å². The van der Waals surface area contributed by atoms with Gasteiger partial charge >= 0.3 is 0 Å². The van der Waals surface area contributed by atoms with E-state index in [0.29, 0.717) is 28.7 Å². The van der Waals surface area contributed by atoms with Crippen LogP contribution in [0.3, 0.4) is 0 Å². The number of amides is 2. The minimum Gasteiger partial charge on any atom is -0.398 e. The molecule has 4 nitrogen and oxygen atoms in total. The lowest BCUT2D eigenvalue weighted by atomic mass is 9.94. The Morgan fingerprint density at radius 1 is 1.00 bits per heavy atom. The molecule has 0 aromatic heterocycles. The fraction of sp³-hybridized carbons (Fsp3) is 0.529. The van der Waals surface area contributed by atoms with Gasteiger partial charge in [-0.2, -0.15) is 0 Å². The molecule has 2 rings (SSSR count). The fourth-order valence-electron chi connectivity index (χ4n) is 3.06. The highest BCUT2D eigenvalue weighted by Gasteiger charge is 2.41. The molecule has 0 radical (unpaired) electrons. The number of imide groups is 1. The Balaban J connectivity index is 2.37. The summed E-state index contributed by atoms with van der Waals surface area (Å²) in [7, 11) is 0. The van der Waals surface area contributed by atoms with Gasteiger partial charge in [-0.05, 0) is 36.8 Å². The number of fused-ring (bicyclic) bond motifs is 1. The highest BCUT2D eigenvalue weighted by Crippen LogP contribution is 2.32. The quantitative estimate of drug-likeness (QED) is 0.667. The van der Waals surface area contributed by atoms with E-state index in [9.17, 15) is 9.59 Å². The maximum atomic E-state index is 12.7. The lowest BCUT2D eigenvalue weighted by Crippen LogP contribution is -2.41.